The maximum atomic E-state index is 11.1. The SMILES string of the molecule is CC(=O)c1ccc(OCc2ccc(C(=O)O)cn2)cc1. The fraction of sp³-hybridized carbons (Fsp3) is 0.133. The average Bonchev–Trinajstić information content (AvgIpc) is 2.46. The fourth-order valence-electron chi connectivity index (χ4n) is 1.58. The first-order valence-electron chi connectivity index (χ1n) is 5.98. The molecule has 5 nitrogen and oxygen atoms in total. The van der Waals surface area contributed by atoms with Crippen molar-refractivity contribution in [2.45, 2.75) is 13.5 Å². The van der Waals surface area contributed by atoms with Gasteiger partial charge in [0.05, 0.1) is 11.3 Å². The third kappa shape index (κ3) is 3.41. The lowest BCUT2D eigenvalue weighted by Gasteiger charge is -2.06. The van der Waals surface area contributed by atoms with Crippen molar-refractivity contribution in [3.05, 3.63) is 59.4 Å². The van der Waals surface area contributed by atoms with Crippen LogP contribution in [0.15, 0.2) is 42.6 Å². The number of aromatic carboxylic acids is 1. The molecule has 5 heteroatoms. The molecule has 0 aliphatic rings. The molecule has 1 aromatic carbocycles. The van der Waals surface area contributed by atoms with Crippen LogP contribution >= 0.6 is 0 Å². The van der Waals surface area contributed by atoms with E-state index in [9.17, 15) is 9.59 Å². The maximum absolute atomic E-state index is 11.1. The Kier molecular flexibility index (Phi) is 4.10. The lowest BCUT2D eigenvalue weighted by molar-refractivity contribution is 0.0696. The van der Waals surface area contributed by atoms with Crippen LogP contribution in [0.4, 0.5) is 0 Å². The van der Waals surface area contributed by atoms with Crippen LogP contribution in [-0.4, -0.2) is 21.8 Å². The fourth-order valence-corrected chi connectivity index (χ4v) is 1.58. The van der Waals surface area contributed by atoms with Gasteiger partial charge in [-0.25, -0.2) is 4.79 Å². The first kappa shape index (κ1) is 13.7. The predicted octanol–water partition coefficient (Wildman–Crippen LogP) is 2.56. The number of ether oxygens (including phenoxy) is 1. The highest BCUT2D eigenvalue weighted by molar-refractivity contribution is 5.94. The van der Waals surface area contributed by atoms with Gasteiger partial charge in [0, 0.05) is 11.8 Å². The van der Waals surface area contributed by atoms with Gasteiger partial charge in [0.2, 0.25) is 0 Å². The van der Waals surface area contributed by atoms with E-state index in [1.807, 2.05) is 0 Å². The molecule has 0 unspecified atom stereocenters. The van der Waals surface area contributed by atoms with Gasteiger partial charge in [0.1, 0.15) is 12.4 Å². The molecule has 0 fully saturated rings. The molecule has 0 aliphatic carbocycles. The van der Waals surface area contributed by atoms with Gasteiger partial charge < -0.3 is 9.84 Å². The summed E-state index contributed by atoms with van der Waals surface area (Å²) in [6, 6.07) is 9.89. The van der Waals surface area contributed by atoms with E-state index in [0.717, 1.165) is 0 Å². The number of carbonyl (C=O) groups excluding carboxylic acids is 1. The molecule has 2 aromatic rings. The molecule has 0 aliphatic heterocycles. The van der Waals surface area contributed by atoms with Crippen molar-refractivity contribution in [1.29, 1.82) is 0 Å². The van der Waals surface area contributed by atoms with Crippen molar-refractivity contribution in [1.82, 2.24) is 4.98 Å². The van der Waals surface area contributed by atoms with Crippen LogP contribution in [0.2, 0.25) is 0 Å². The second-order valence-corrected chi connectivity index (χ2v) is 4.21. The summed E-state index contributed by atoms with van der Waals surface area (Å²) in [6.45, 7) is 1.74. The number of ketones is 1. The largest absolute Gasteiger partial charge is 0.487 e. The van der Waals surface area contributed by atoms with Crippen molar-refractivity contribution >= 4 is 11.8 Å². The summed E-state index contributed by atoms with van der Waals surface area (Å²) in [7, 11) is 0. The number of carbonyl (C=O) groups is 2. The van der Waals surface area contributed by atoms with Gasteiger partial charge in [-0.3, -0.25) is 9.78 Å². The Labute approximate surface area is 115 Å². The van der Waals surface area contributed by atoms with Gasteiger partial charge in [-0.05, 0) is 43.3 Å². The Morgan fingerprint density at radius 1 is 1.10 bits per heavy atom. The highest BCUT2D eigenvalue weighted by atomic mass is 16.5. The van der Waals surface area contributed by atoms with E-state index in [4.69, 9.17) is 9.84 Å². The number of hydrogen-bond donors (Lipinski definition) is 1. The molecular weight excluding hydrogens is 258 g/mol. The van der Waals surface area contributed by atoms with Gasteiger partial charge >= 0.3 is 5.97 Å². The van der Waals surface area contributed by atoms with Crippen LogP contribution in [0.1, 0.15) is 33.3 Å². The minimum absolute atomic E-state index is 0.00229. The number of hydrogen-bond acceptors (Lipinski definition) is 4. The van der Waals surface area contributed by atoms with Gasteiger partial charge in [-0.15, -0.1) is 0 Å². The lowest BCUT2D eigenvalue weighted by Crippen LogP contribution is -2.02. The number of rotatable bonds is 5. The molecule has 0 spiro atoms. The summed E-state index contributed by atoms with van der Waals surface area (Å²) in [5.74, 6) is -0.383. The molecule has 0 amide bonds. The number of carboxylic acids is 1. The van der Waals surface area contributed by atoms with Crippen molar-refractivity contribution < 1.29 is 19.4 Å². The predicted molar refractivity (Wildman–Crippen MR) is 72.0 cm³/mol. The molecule has 102 valence electrons. The molecule has 2 rings (SSSR count). The quantitative estimate of drug-likeness (QED) is 0.846. The Morgan fingerprint density at radius 2 is 1.75 bits per heavy atom. The Bertz CT molecular complexity index is 560. The Balaban J connectivity index is 1.97. The third-order valence-corrected chi connectivity index (χ3v) is 2.72. The highest BCUT2D eigenvalue weighted by Gasteiger charge is 2.04. The standard InChI is InChI=1S/C15H13NO4/c1-10(17)11-3-6-14(7-4-11)20-9-13-5-2-12(8-16-13)15(18)19/h2-8H,9H2,1H3,(H,18,19). The molecule has 0 saturated carbocycles. The topological polar surface area (TPSA) is 76.5 Å². The van der Waals surface area contributed by atoms with Gasteiger partial charge in [0.25, 0.3) is 0 Å². The first-order chi connectivity index (χ1) is 9.56. The molecule has 0 bridgehead atoms. The summed E-state index contributed by atoms with van der Waals surface area (Å²) in [4.78, 5) is 25.8. The van der Waals surface area contributed by atoms with Crippen molar-refractivity contribution in [3.8, 4) is 5.75 Å². The van der Waals surface area contributed by atoms with E-state index in [-0.39, 0.29) is 18.0 Å². The van der Waals surface area contributed by atoms with Gasteiger partial charge in [-0.1, -0.05) is 0 Å². The molecule has 20 heavy (non-hydrogen) atoms. The first-order valence-corrected chi connectivity index (χ1v) is 5.98. The smallest absolute Gasteiger partial charge is 0.337 e. The van der Waals surface area contributed by atoms with Crippen LogP contribution in [0.3, 0.4) is 0 Å². The average molecular weight is 271 g/mol. The van der Waals surface area contributed by atoms with Gasteiger partial charge in [0.15, 0.2) is 5.78 Å². The van der Waals surface area contributed by atoms with Crippen LogP contribution in [0.5, 0.6) is 5.75 Å². The second-order valence-electron chi connectivity index (χ2n) is 4.21. The summed E-state index contributed by atoms with van der Waals surface area (Å²) >= 11 is 0. The zero-order valence-corrected chi connectivity index (χ0v) is 10.9. The van der Waals surface area contributed by atoms with E-state index in [2.05, 4.69) is 4.98 Å². The number of pyridine rings is 1. The molecular formula is C15H13NO4. The highest BCUT2D eigenvalue weighted by Crippen LogP contribution is 2.14. The van der Waals surface area contributed by atoms with E-state index in [0.29, 0.717) is 17.0 Å². The van der Waals surface area contributed by atoms with Crippen molar-refractivity contribution in [3.63, 3.8) is 0 Å². The number of Topliss-reactive ketones (excluding diaryl/α,β-unsaturated/α-hetero) is 1. The van der Waals surface area contributed by atoms with E-state index >= 15 is 0 Å². The Hall–Kier alpha value is -2.69. The number of nitrogens with zero attached hydrogens (tertiary/aromatic N) is 1. The zero-order chi connectivity index (χ0) is 14.5. The summed E-state index contributed by atoms with van der Waals surface area (Å²) in [5, 5.41) is 8.76. The second kappa shape index (κ2) is 5.97. The number of benzene rings is 1. The summed E-state index contributed by atoms with van der Waals surface area (Å²) in [5.41, 5.74) is 1.39. The number of carboxylic acid groups (broad SMARTS) is 1. The normalized spacial score (nSPS) is 10.1. The van der Waals surface area contributed by atoms with Crippen molar-refractivity contribution in [2.75, 3.05) is 0 Å². The molecule has 1 heterocycles. The van der Waals surface area contributed by atoms with Gasteiger partial charge in [-0.2, -0.15) is 0 Å². The van der Waals surface area contributed by atoms with E-state index < -0.39 is 5.97 Å². The van der Waals surface area contributed by atoms with Crippen LogP contribution in [0.25, 0.3) is 0 Å². The minimum atomic E-state index is -1.01. The zero-order valence-electron chi connectivity index (χ0n) is 10.9. The van der Waals surface area contributed by atoms with E-state index in [1.165, 1.54) is 19.2 Å². The Morgan fingerprint density at radius 3 is 2.25 bits per heavy atom. The van der Waals surface area contributed by atoms with Crippen LogP contribution < -0.4 is 4.74 Å². The molecule has 0 saturated heterocycles. The summed E-state index contributed by atoms with van der Waals surface area (Å²) in [6.07, 6.45) is 1.29. The maximum Gasteiger partial charge on any atom is 0.337 e. The molecule has 0 radical (unpaired) electrons. The molecule has 1 aromatic heterocycles. The minimum Gasteiger partial charge on any atom is -0.487 e. The van der Waals surface area contributed by atoms with E-state index in [1.54, 1.807) is 30.3 Å². The monoisotopic (exact) mass is 271 g/mol. The summed E-state index contributed by atoms with van der Waals surface area (Å²) < 4.78 is 5.51. The third-order valence-electron chi connectivity index (χ3n) is 2.72. The van der Waals surface area contributed by atoms with Crippen LogP contribution in [0, 0.1) is 0 Å². The number of aromatic nitrogens is 1. The van der Waals surface area contributed by atoms with Crippen molar-refractivity contribution in [2.24, 2.45) is 0 Å². The van der Waals surface area contributed by atoms with Crippen LogP contribution in [-0.2, 0) is 6.61 Å². The lowest BCUT2D eigenvalue weighted by atomic mass is 10.1. The molecule has 1 N–H and O–H groups in total. The molecule has 0 atom stereocenters.